The number of nitrogens with zero attached hydrogens (tertiary/aromatic N) is 2. The first-order valence-corrected chi connectivity index (χ1v) is 11.7. The van der Waals surface area contributed by atoms with Crippen molar-refractivity contribution in [1.82, 2.24) is 10.1 Å². The Morgan fingerprint density at radius 2 is 1.21 bits per heavy atom. The van der Waals surface area contributed by atoms with Crippen molar-refractivity contribution >= 4 is 5.97 Å². The molecule has 167 valence electrons. The molecule has 8 heteroatoms. The van der Waals surface area contributed by atoms with Crippen LogP contribution in [0.15, 0.2) is 0 Å². The van der Waals surface area contributed by atoms with E-state index in [2.05, 4.69) is 0 Å². The van der Waals surface area contributed by atoms with E-state index in [4.69, 9.17) is 4.74 Å². The Balaban J connectivity index is 1.99. The molecule has 7 nitrogen and oxygen atoms in total. The first-order valence-electron chi connectivity index (χ1n) is 9.90. The topological polar surface area (TPSA) is 90.3 Å². The molecule has 0 bridgehead atoms. The maximum atomic E-state index is 12.9. The third-order valence-electron chi connectivity index (χ3n) is 5.99. The van der Waals surface area contributed by atoms with Gasteiger partial charge in [-0.2, -0.15) is 0 Å². The van der Waals surface area contributed by atoms with Crippen LogP contribution in [0.4, 0.5) is 0 Å². The summed E-state index contributed by atoms with van der Waals surface area (Å²) in [5.41, 5.74) is -2.00. The molecule has 0 aliphatic carbocycles. The Kier molecular flexibility index (Phi) is 6.57. The summed E-state index contributed by atoms with van der Waals surface area (Å²) < 4.78 is 18.6. The fourth-order valence-electron chi connectivity index (χ4n) is 4.92. The minimum absolute atomic E-state index is 0.102. The van der Waals surface area contributed by atoms with Gasteiger partial charge < -0.3 is 0 Å². The summed E-state index contributed by atoms with van der Waals surface area (Å²) in [6.45, 7) is 15.4. The zero-order valence-corrected chi connectivity index (χ0v) is 19.6. The summed E-state index contributed by atoms with van der Waals surface area (Å²) in [4.78, 5) is 12.4. The van der Waals surface area contributed by atoms with Gasteiger partial charge in [-0.15, -0.1) is 0 Å². The van der Waals surface area contributed by atoms with E-state index >= 15 is 0 Å². The molecule has 0 unspecified atom stereocenters. The van der Waals surface area contributed by atoms with E-state index in [1.807, 2.05) is 55.4 Å². The number of hydrogen-bond acceptors (Lipinski definition) is 7. The molecule has 2 fully saturated rings. The summed E-state index contributed by atoms with van der Waals surface area (Å²) in [6.07, 6.45) is 1.88. The number of piperidine rings is 2. The van der Waals surface area contributed by atoms with Gasteiger partial charge in [-0.05, 0) is 0 Å². The van der Waals surface area contributed by atoms with E-state index in [9.17, 15) is 19.1 Å². The third kappa shape index (κ3) is 5.02. The first-order chi connectivity index (χ1) is 12.5. The maximum absolute atomic E-state index is 12.9. The van der Waals surface area contributed by atoms with E-state index < -0.39 is 41.7 Å². The Hall–Kier alpha value is -0.384. The first kappa shape index (κ1) is 23.9. The molecular formula is C20H38CoN2O5. The predicted molar refractivity (Wildman–Crippen MR) is 101 cm³/mol. The van der Waals surface area contributed by atoms with Gasteiger partial charge in [0.15, 0.2) is 0 Å². The summed E-state index contributed by atoms with van der Waals surface area (Å²) >= 11 is -1.75. The zero-order chi connectivity index (χ0) is 21.7. The van der Waals surface area contributed by atoms with Crippen molar-refractivity contribution in [3.05, 3.63) is 0 Å². The molecule has 2 saturated heterocycles. The van der Waals surface area contributed by atoms with Crippen LogP contribution in [0.5, 0.6) is 0 Å². The summed E-state index contributed by atoms with van der Waals surface area (Å²) in [6, 6.07) is 0. The fourth-order valence-corrected chi connectivity index (χ4v) is 7.12. The quantitative estimate of drug-likeness (QED) is 0.628. The number of esters is 1. The number of ether oxygens (including phenoxy) is 1. The van der Waals surface area contributed by atoms with Gasteiger partial charge in [0.05, 0.1) is 0 Å². The summed E-state index contributed by atoms with van der Waals surface area (Å²) in [5.74, 6) is -0.440. The second-order valence-electron chi connectivity index (χ2n) is 10.8. The average Bonchev–Trinajstić information content (AvgIpc) is 2.48. The number of carbonyl (C=O) groups excluding carboxylic acids is 1. The molecule has 0 atom stereocenters. The molecule has 0 amide bonds. The van der Waals surface area contributed by atoms with E-state index in [0.29, 0.717) is 25.7 Å². The number of carbonyl (C=O) groups is 1. The van der Waals surface area contributed by atoms with Gasteiger partial charge in [0.25, 0.3) is 0 Å². The molecule has 0 spiro atoms. The number of hydrogen-bond donors (Lipinski definition) is 2. The summed E-state index contributed by atoms with van der Waals surface area (Å²) in [5, 5.41) is 23.4. The monoisotopic (exact) mass is 445 g/mol. The Morgan fingerprint density at radius 3 is 1.61 bits per heavy atom. The van der Waals surface area contributed by atoms with Gasteiger partial charge in [-0.1, -0.05) is 0 Å². The van der Waals surface area contributed by atoms with Gasteiger partial charge in [0, 0.05) is 0 Å². The molecule has 0 aromatic heterocycles. The Morgan fingerprint density at radius 1 is 0.857 bits per heavy atom. The van der Waals surface area contributed by atoms with Crippen LogP contribution in [0.25, 0.3) is 0 Å². The fraction of sp³-hybridized carbons (Fsp3) is 0.950. The van der Waals surface area contributed by atoms with Crippen LogP contribution < -0.4 is 0 Å². The van der Waals surface area contributed by atoms with Gasteiger partial charge in [-0.3, -0.25) is 0 Å². The Bertz CT molecular complexity index is 596. The normalized spacial score (nSPS) is 28.7. The van der Waals surface area contributed by atoms with Gasteiger partial charge in [-0.25, -0.2) is 0 Å². The SMILES string of the molecule is CC1(C)CC(OC(=O)[CH2][Co](=[O])[CH]2CC(C)(C)N(O)C(C)(C)C2)CC(C)(C)N1O. The molecule has 0 aromatic carbocycles. The molecule has 0 saturated carbocycles. The second kappa shape index (κ2) is 7.70. The van der Waals surface area contributed by atoms with Crippen molar-refractivity contribution in [3.63, 3.8) is 0 Å². The van der Waals surface area contributed by atoms with Gasteiger partial charge in [0.1, 0.15) is 0 Å². The van der Waals surface area contributed by atoms with Crippen molar-refractivity contribution in [3.8, 4) is 0 Å². The van der Waals surface area contributed by atoms with Gasteiger partial charge in [0.2, 0.25) is 0 Å². The molecule has 2 aliphatic heterocycles. The average molecular weight is 445 g/mol. The molecule has 2 rings (SSSR count). The van der Waals surface area contributed by atoms with E-state index in [-0.39, 0.29) is 16.3 Å². The molecule has 2 N–H and O–H groups in total. The number of hydroxylamine groups is 4. The molecule has 0 aromatic rings. The van der Waals surface area contributed by atoms with Crippen molar-refractivity contribution in [2.75, 3.05) is 0 Å². The van der Waals surface area contributed by atoms with Crippen LogP contribution in [0.3, 0.4) is 0 Å². The van der Waals surface area contributed by atoms with Crippen molar-refractivity contribution < 1.29 is 37.4 Å². The summed E-state index contributed by atoms with van der Waals surface area (Å²) in [7, 11) is 0. The molecule has 28 heavy (non-hydrogen) atoms. The predicted octanol–water partition coefficient (Wildman–Crippen LogP) is 4.15. The van der Waals surface area contributed by atoms with E-state index in [1.165, 1.54) is 10.1 Å². The minimum atomic E-state index is -1.75. The third-order valence-corrected chi connectivity index (χ3v) is 8.02. The standard InChI is InChI=1S/C11H20NO3.C9H18NO.Co.O/c1-8(13)15-9-6-10(2,3)12(14)11(4,5)7-9;1-8(2)6-5-7-9(3,4)10(8)11;;/h9,14H,1,6-7H2,2-5H3;5,11H,6-7H2,1-4H3;;. The van der Waals surface area contributed by atoms with Crippen LogP contribution in [-0.4, -0.2) is 54.8 Å². The van der Waals surface area contributed by atoms with E-state index in [0.717, 1.165) is 0 Å². The van der Waals surface area contributed by atoms with Crippen LogP contribution in [0, 0.1) is 0 Å². The Labute approximate surface area is 173 Å². The number of rotatable bonds is 4. The zero-order valence-electron chi connectivity index (χ0n) is 18.5. The van der Waals surface area contributed by atoms with E-state index in [1.54, 1.807) is 0 Å². The van der Waals surface area contributed by atoms with Crippen LogP contribution >= 0.6 is 0 Å². The van der Waals surface area contributed by atoms with Crippen LogP contribution in [0.1, 0.15) is 81.1 Å². The van der Waals surface area contributed by atoms with Crippen molar-refractivity contribution in [2.24, 2.45) is 0 Å². The molecule has 0 radical (unpaired) electrons. The van der Waals surface area contributed by atoms with Gasteiger partial charge >= 0.3 is 173 Å². The van der Waals surface area contributed by atoms with Crippen molar-refractivity contribution in [2.45, 2.75) is 120 Å². The molecule has 2 aliphatic rings. The van der Waals surface area contributed by atoms with Crippen molar-refractivity contribution in [1.29, 1.82) is 0 Å². The molecular weight excluding hydrogens is 407 g/mol. The molecule has 2 heterocycles. The van der Waals surface area contributed by atoms with Crippen LogP contribution in [0.2, 0.25) is 10.2 Å². The second-order valence-corrected chi connectivity index (χ2v) is 13.0. The van der Waals surface area contributed by atoms with Crippen LogP contribution in [-0.2, 0) is 27.0 Å².